The van der Waals surface area contributed by atoms with E-state index in [1.807, 2.05) is 30.3 Å². The maximum Gasteiger partial charge on any atom is 0.0626 e. The third-order valence-corrected chi connectivity index (χ3v) is 4.09. The van der Waals surface area contributed by atoms with E-state index in [4.69, 9.17) is 0 Å². The first-order valence-corrected chi connectivity index (χ1v) is 7.62. The van der Waals surface area contributed by atoms with Crippen LogP contribution in [0.1, 0.15) is 29.2 Å². The van der Waals surface area contributed by atoms with Crippen molar-refractivity contribution in [3.05, 3.63) is 65.2 Å². The van der Waals surface area contributed by atoms with Gasteiger partial charge in [-0.15, -0.1) is 0 Å². The molecule has 3 nitrogen and oxygen atoms in total. The normalized spacial score (nSPS) is 15.1. The van der Waals surface area contributed by atoms with Gasteiger partial charge in [0.05, 0.1) is 12.6 Å². The number of hydrogen-bond donors (Lipinski definition) is 3. The standard InChI is InChI=1S/C18H22N2O/c21-13-17(14-6-2-1-3-7-14)20-12-16-9-4-8-15-10-5-11-19-18(15)16/h1-4,6-9,17,19-21H,5,10-13H2/t17-/m1/s1. The number of hydrogen-bond acceptors (Lipinski definition) is 3. The maximum atomic E-state index is 9.62. The van der Waals surface area contributed by atoms with Crippen molar-refractivity contribution in [3.8, 4) is 0 Å². The van der Waals surface area contributed by atoms with Crippen LogP contribution in [0.5, 0.6) is 0 Å². The summed E-state index contributed by atoms with van der Waals surface area (Å²) < 4.78 is 0. The van der Waals surface area contributed by atoms with Crippen molar-refractivity contribution in [1.82, 2.24) is 5.32 Å². The van der Waals surface area contributed by atoms with Gasteiger partial charge < -0.3 is 15.7 Å². The second kappa shape index (κ2) is 6.74. The Hall–Kier alpha value is -1.84. The zero-order valence-corrected chi connectivity index (χ0v) is 12.2. The van der Waals surface area contributed by atoms with Crippen LogP contribution in [0.3, 0.4) is 0 Å². The Balaban J connectivity index is 1.72. The molecule has 1 atom stereocenters. The molecule has 21 heavy (non-hydrogen) atoms. The summed E-state index contributed by atoms with van der Waals surface area (Å²) in [6.07, 6.45) is 2.35. The molecule has 0 spiro atoms. The van der Waals surface area contributed by atoms with Crippen molar-refractivity contribution in [2.75, 3.05) is 18.5 Å². The minimum absolute atomic E-state index is 0.0225. The van der Waals surface area contributed by atoms with E-state index in [1.165, 1.54) is 23.2 Å². The summed E-state index contributed by atoms with van der Waals surface area (Å²) >= 11 is 0. The van der Waals surface area contributed by atoms with E-state index in [-0.39, 0.29) is 12.6 Å². The van der Waals surface area contributed by atoms with Gasteiger partial charge in [-0.25, -0.2) is 0 Å². The molecular weight excluding hydrogens is 260 g/mol. The molecule has 0 aromatic heterocycles. The highest BCUT2D eigenvalue weighted by Gasteiger charge is 2.14. The Bertz CT molecular complexity index is 583. The van der Waals surface area contributed by atoms with Gasteiger partial charge in [-0.1, -0.05) is 48.5 Å². The van der Waals surface area contributed by atoms with Crippen LogP contribution in [0.15, 0.2) is 48.5 Å². The van der Waals surface area contributed by atoms with Gasteiger partial charge in [0.15, 0.2) is 0 Å². The van der Waals surface area contributed by atoms with Crippen LogP contribution in [0, 0.1) is 0 Å². The Kier molecular flexibility index (Phi) is 4.53. The third kappa shape index (κ3) is 3.26. The van der Waals surface area contributed by atoms with E-state index in [1.54, 1.807) is 0 Å². The van der Waals surface area contributed by atoms with Crippen molar-refractivity contribution in [1.29, 1.82) is 0 Å². The molecule has 110 valence electrons. The van der Waals surface area contributed by atoms with Crippen LogP contribution in [0.25, 0.3) is 0 Å². The van der Waals surface area contributed by atoms with Crippen LogP contribution in [-0.4, -0.2) is 18.3 Å². The molecular formula is C18H22N2O. The smallest absolute Gasteiger partial charge is 0.0626 e. The number of rotatable bonds is 5. The lowest BCUT2D eigenvalue weighted by Crippen LogP contribution is -2.25. The number of aliphatic hydroxyl groups excluding tert-OH is 1. The quantitative estimate of drug-likeness (QED) is 0.790. The predicted octanol–water partition coefficient (Wildman–Crippen LogP) is 2.87. The fraction of sp³-hybridized carbons (Fsp3) is 0.333. The summed E-state index contributed by atoms with van der Waals surface area (Å²) in [5.74, 6) is 0. The predicted molar refractivity (Wildman–Crippen MR) is 86.4 cm³/mol. The van der Waals surface area contributed by atoms with Crippen molar-refractivity contribution in [2.45, 2.75) is 25.4 Å². The summed E-state index contributed by atoms with van der Waals surface area (Å²) in [5.41, 5.74) is 5.08. The first-order valence-electron chi connectivity index (χ1n) is 7.62. The van der Waals surface area contributed by atoms with E-state index in [0.29, 0.717) is 0 Å². The molecule has 1 aliphatic heterocycles. The fourth-order valence-electron chi connectivity index (χ4n) is 2.93. The first-order chi connectivity index (χ1) is 10.4. The van der Waals surface area contributed by atoms with Gasteiger partial charge >= 0.3 is 0 Å². The minimum atomic E-state index is -0.0225. The molecule has 3 rings (SSSR count). The minimum Gasteiger partial charge on any atom is -0.394 e. The highest BCUT2D eigenvalue weighted by atomic mass is 16.3. The molecule has 3 heteroatoms. The number of aryl methyl sites for hydroxylation is 1. The van der Waals surface area contributed by atoms with Gasteiger partial charge in [-0.05, 0) is 29.5 Å². The Morgan fingerprint density at radius 2 is 1.95 bits per heavy atom. The second-order valence-corrected chi connectivity index (χ2v) is 5.51. The lowest BCUT2D eigenvalue weighted by atomic mass is 9.99. The number of aliphatic hydroxyl groups is 1. The molecule has 1 aliphatic rings. The SMILES string of the molecule is OC[C@@H](NCc1cccc2c1NCCC2)c1ccccc1. The van der Waals surface area contributed by atoms with E-state index >= 15 is 0 Å². The number of nitrogens with one attached hydrogen (secondary N) is 2. The van der Waals surface area contributed by atoms with Gasteiger partial charge in [0.25, 0.3) is 0 Å². The molecule has 0 amide bonds. The average Bonchev–Trinajstić information content (AvgIpc) is 2.56. The van der Waals surface area contributed by atoms with E-state index in [0.717, 1.165) is 25.1 Å². The molecule has 0 radical (unpaired) electrons. The summed E-state index contributed by atoms with van der Waals surface area (Å²) in [4.78, 5) is 0. The summed E-state index contributed by atoms with van der Waals surface area (Å²) in [6, 6.07) is 16.6. The molecule has 3 N–H and O–H groups in total. The van der Waals surface area contributed by atoms with Gasteiger partial charge in [0.2, 0.25) is 0 Å². The first kappa shape index (κ1) is 14.1. The molecule has 2 aromatic carbocycles. The molecule has 0 fully saturated rings. The van der Waals surface area contributed by atoms with Crippen LogP contribution >= 0.6 is 0 Å². The van der Waals surface area contributed by atoms with Gasteiger partial charge in [-0.2, -0.15) is 0 Å². The number of benzene rings is 2. The number of anilines is 1. The highest BCUT2D eigenvalue weighted by Crippen LogP contribution is 2.26. The van der Waals surface area contributed by atoms with Crippen LogP contribution in [-0.2, 0) is 13.0 Å². The molecule has 2 aromatic rings. The topological polar surface area (TPSA) is 44.3 Å². The van der Waals surface area contributed by atoms with Gasteiger partial charge in [-0.3, -0.25) is 0 Å². The molecule has 0 bridgehead atoms. The molecule has 1 heterocycles. The average molecular weight is 282 g/mol. The molecule has 0 saturated carbocycles. The van der Waals surface area contributed by atoms with E-state index in [2.05, 4.69) is 28.8 Å². The van der Waals surface area contributed by atoms with Crippen molar-refractivity contribution < 1.29 is 5.11 Å². The summed E-state index contributed by atoms with van der Waals surface area (Å²) in [7, 11) is 0. The maximum absolute atomic E-state index is 9.62. The molecule has 0 aliphatic carbocycles. The van der Waals surface area contributed by atoms with E-state index in [9.17, 15) is 5.11 Å². The van der Waals surface area contributed by atoms with E-state index < -0.39 is 0 Å². The summed E-state index contributed by atoms with van der Waals surface area (Å²) in [5, 5.41) is 16.6. The van der Waals surface area contributed by atoms with Crippen LogP contribution in [0.2, 0.25) is 0 Å². The lowest BCUT2D eigenvalue weighted by molar-refractivity contribution is 0.243. The van der Waals surface area contributed by atoms with Gasteiger partial charge in [0.1, 0.15) is 0 Å². The fourth-order valence-corrected chi connectivity index (χ4v) is 2.93. The monoisotopic (exact) mass is 282 g/mol. The molecule has 0 saturated heterocycles. The largest absolute Gasteiger partial charge is 0.394 e. The third-order valence-electron chi connectivity index (χ3n) is 4.09. The number of para-hydroxylation sites is 1. The lowest BCUT2D eigenvalue weighted by Gasteiger charge is -2.23. The highest BCUT2D eigenvalue weighted by molar-refractivity contribution is 5.59. The second-order valence-electron chi connectivity index (χ2n) is 5.51. The zero-order chi connectivity index (χ0) is 14.5. The Morgan fingerprint density at radius 3 is 2.76 bits per heavy atom. The summed E-state index contributed by atoms with van der Waals surface area (Å²) in [6.45, 7) is 1.91. The Morgan fingerprint density at radius 1 is 1.10 bits per heavy atom. The van der Waals surface area contributed by atoms with Crippen LogP contribution < -0.4 is 10.6 Å². The van der Waals surface area contributed by atoms with Crippen molar-refractivity contribution >= 4 is 5.69 Å². The van der Waals surface area contributed by atoms with Crippen molar-refractivity contribution in [3.63, 3.8) is 0 Å². The van der Waals surface area contributed by atoms with Gasteiger partial charge in [0, 0.05) is 18.8 Å². The molecule has 0 unspecified atom stereocenters. The Labute approximate surface area is 126 Å². The van der Waals surface area contributed by atoms with Crippen molar-refractivity contribution in [2.24, 2.45) is 0 Å². The van der Waals surface area contributed by atoms with Crippen LogP contribution in [0.4, 0.5) is 5.69 Å². The zero-order valence-electron chi connectivity index (χ0n) is 12.2. The number of fused-ring (bicyclic) bond motifs is 1.